The summed E-state index contributed by atoms with van der Waals surface area (Å²) in [7, 11) is -2.03. The van der Waals surface area contributed by atoms with Gasteiger partial charge in [-0.1, -0.05) is 41.5 Å². The van der Waals surface area contributed by atoms with Gasteiger partial charge in [-0.2, -0.15) is 5.10 Å². The first kappa shape index (κ1) is 27.5. The van der Waals surface area contributed by atoms with Crippen molar-refractivity contribution in [3.05, 3.63) is 51.6 Å². The van der Waals surface area contributed by atoms with Crippen LogP contribution in [0.4, 0.5) is 5.82 Å². The van der Waals surface area contributed by atoms with Crippen LogP contribution >= 0.6 is 15.9 Å². The van der Waals surface area contributed by atoms with Gasteiger partial charge in [0.25, 0.3) is 0 Å². The van der Waals surface area contributed by atoms with E-state index >= 15 is 0 Å². The smallest absolute Gasteiger partial charge is 0.200 e. The van der Waals surface area contributed by atoms with Gasteiger partial charge in [0.1, 0.15) is 10.1 Å². The summed E-state index contributed by atoms with van der Waals surface area (Å²) in [6.45, 7) is 17.9. The van der Waals surface area contributed by atoms with Gasteiger partial charge in [-0.3, -0.25) is 9.78 Å². The molecule has 1 aliphatic heterocycles. The number of ketones is 1. The van der Waals surface area contributed by atoms with E-state index in [1.807, 2.05) is 23.6 Å². The summed E-state index contributed by atoms with van der Waals surface area (Å²) in [5, 5.41) is 4.45. The number of pyridine rings is 1. The van der Waals surface area contributed by atoms with E-state index in [2.05, 4.69) is 67.5 Å². The van der Waals surface area contributed by atoms with Gasteiger partial charge in [-0.25, -0.2) is 9.50 Å². The van der Waals surface area contributed by atoms with Crippen molar-refractivity contribution >= 4 is 41.4 Å². The summed E-state index contributed by atoms with van der Waals surface area (Å²) in [4.78, 5) is 25.8. The Balaban J connectivity index is 1.37. The molecule has 0 bridgehead atoms. The average Bonchev–Trinajstić information content (AvgIpc) is 3.46. The number of aromatic nitrogens is 4. The fourth-order valence-electron chi connectivity index (χ4n) is 7.30. The highest BCUT2D eigenvalue weighted by molar-refractivity contribution is 9.10. The van der Waals surface area contributed by atoms with Gasteiger partial charge in [0, 0.05) is 30.3 Å². The molecule has 0 amide bonds. The Labute approximate surface area is 235 Å². The number of hydrogen-bond acceptors (Lipinski definition) is 6. The monoisotopic (exact) mass is 597 g/mol. The first-order chi connectivity index (χ1) is 18.0. The number of piperidine rings is 1. The topological polar surface area (TPSA) is 72.6 Å². The highest BCUT2D eigenvalue weighted by Gasteiger charge is 2.49. The Kier molecular flexibility index (Phi) is 7.33. The lowest BCUT2D eigenvalue weighted by Gasteiger charge is -2.42. The molecular formula is C29H40BrN5O2Si. The fourth-order valence-corrected chi connectivity index (χ4v) is 13.1. The minimum absolute atomic E-state index is 0.283. The lowest BCUT2D eigenvalue weighted by molar-refractivity contribution is 0.0774. The van der Waals surface area contributed by atoms with Crippen molar-refractivity contribution in [2.24, 2.45) is 5.41 Å². The van der Waals surface area contributed by atoms with E-state index in [1.54, 1.807) is 12.4 Å². The van der Waals surface area contributed by atoms with Crippen LogP contribution in [0.25, 0.3) is 5.52 Å². The second-order valence-electron chi connectivity index (χ2n) is 12.1. The highest BCUT2D eigenvalue weighted by Crippen LogP contribution is 2.47. The Morgan fingerprint density at radius 2 is 1.71 bits per heavy atom. The van der Waals surface area contributed by atoms with Crippen molar-refractivity contribution in [3.63, 3.8) is 0 Å². The molecule has 204 valence electrons. The lowest BCUT2D eigenvalue weighted by Crippen LogP contribution is -2.47. The molecule has 0 atom stereocenters. The lowest BCUT2D eigenvalue weighted by atomic mass is 9.75. The number of fused-ring (bicyclic) bond motifs is 2. The minimum Gasteiger partial charge on any atom is -0.410 e. The summed E-state index contributed by atoms with van der Waals surface area (Å²) in [5.41, 5.74) is 5.98. The van der Waals surface area contributed by atoms with Crippen molar-refractivity contribution in [2.45, 2.75) is 91.0 Å². The molecule has 4 heterocycles. The number of anilines is 1. The van der Waals surface area contributed by atoms with Gasteiger partial charge in [-0.15, -0.1) is 0 Å². The molecule has 1 saturated heterocycles. The fraction of sp³-hybridized carbons (Fsp3) is 0.586. The van der Waals surface area contributed by atoms with Crippen LogP contribution in [0.15, 0.2) is 29.1 Å². The predicted molar refractivity (Wildman–Crippen MR) is 157 cm³/mol. The Morgan fingerprint density at radius 1 is 1.05 bits per heavy atom. The van der Waals surface area contributed by atoms with E-state index in [0.717, 1.165) is 70.8 Å². The van der Waals surface area contributed by atoms with Crippen LogP contribution in [0.3, 0.4) is 0 Å². The van der Waals surface area contributed by atoms with Gasteiger partial charge in [0.2, 0.25) is 8.32 Å². The van der Waals surface area contributed by atoms with Crippen molar-refractivity contribution in [3.8, 4) is 0 Å². The number of halogens is 1. The van der Waals surface area contributed by atoms with Crippen LogP contribution in [-0.4, -0.2) is 46.8 Å². The quantitative estimate of drug-likeness (QED) is 0.275. The number of nitrogens with zero attached hydrogens (tertiary/aromatic N) is 5. The van der Waals surface area contributed by atoms with Crippen molar-refractivity contribution in [2.75, 3.05) is 18.0 Å². The van der Waals surface area contributed by atoms with E-state index in [4.69, 9.17) is 14.4 Å². The third-order valence-electron chi connectivity index (χ3n) is 9.20. The highest BCUT2D eigenvalue weighted by atomic mass is 79.9. The second kappa shape index (κ2) is 10.1. The van der Waals surface area contributed by atoms with Crippen LogP contribution in [0, 0.1) is 12.3 Å². The average molecular weight is 599 g/mol. The van der Waals surface area contributed by atoms with Gasteiger partial charge in [-0.05, 0) is 76.4 Å². The van der Waals surface area contributed by atoms with Crippen molar-refractivity contribution < 1.29 is 9.22 Å². The molecule has 1 spiro atoms. The number of carbonyl (C=O) groups is 1. The van der Waals surface area contributed by atoms with Crippen LogP contribution in [0.1, 0.15) is 81.7 Å². The molecule has 0 saturated carbocycles. The summed E-state index contributed by atoms with van der Waals surface area (Å²) in [6.07, 6.45) is 5.98. The van der Waals surface area contributed by atoms with Crippen LogP contribution in [-0.2, 0) is 17.5 Å². The molecule has 3 aromatic rings. The van der Waals surface area contributed by atoms with E-state index in [9.17, 15) is 4.79 Å². The number of carbonyl (C=O) groups excluding carboxylic acids is 1. The van der Waals surface area contributed by atoms with Crippen LogP contribution < -0.4 is 4.90 Å². The van der Waals surface area contributed by atoms with Crippen molar-refractivity contribution in [1.29, 1.82) is 0 Å². The van der Waals surface area contributed by atoms with E-state index in [1.165, 1.54) is 0 Å². The first-order valence-electron chi connectivity index (χ1n) is 13.9. The number of hydrogen-bond donors (Lipinski definition) is 0. The summed E-state index contributed by atoms with van der Waals surface area (Å²) in [6, 6.07) is 3.93. The SMILES string of the molecule is Cc1nc(N2CCC3(CC2)Cc2c(ccnc2CO[Si](C(C)C)(C(C)C)C(C)C)C3=O)c2ccnn2c1Br. The van der Waals surface area contributed by atoms with Gasteiger partial charge in [0.15, 0.2) is 11.6 Å². The van der Waals surface area contributed by atoms with Gasteiger partial charge >= 0.3 is 0 Å². The van der Waals surface area contributed by atoms with Crippen LogP contribution in [0.2, 0.25) is 16.6 Å². The zero-order chi connectivity index (χ0) is 27.4. The standard InChI is InChI=1S/C29H40BrN5O2Si/c1-18(2)38(19(3)4,20(5)6)37-17-24-23-16-29(26(36)22(23)8-12-31-24)10-14-34(15-11-29)28-25-9-13-32-35(25)27(30)21(7)33-28/h8-9,12-13,18-20H,10-11,14-17H2,1-7H3. The second-order valence-corrected chi connectivity index (χ2v) is 18.3. The van der Waals surface area contributed by atoms with E-state index < -0.39 is 8.32 Å². The molecule has 0 radical (unpaired) electrons. The maximum atomic E-state index is 13.9. The summed E-state index contributed by atoms with van der Waals surface area (Å²) in [5.74, 6) is 1.22. The number of aryl methyl sites for hydroxylation is 1. The molecule has 7 nitrogen and oxygen atoms in total. The Hall–Kier alpha value is -2.10. The Morgan fingerprint density at radius 3 is 2.34 bits per heavy atom. The maximum absolute atomic E-state index is 13.9. The van der Waals surface area contributed by atoms with Gasteiger partial charge < -0.3 is 9.33 Å². The zero-order valence-corrected chi connectivity index (χ0v) is 26.3. The maximum Gasteiger partial charge on any atom is 0.200 e. The molecule has 2 aliphatic rings. The summed E-state index contributed by atoms with van der Waals surface area (Å²) < 4.78 is 9.67. The molecule has 9 heteroatoms. The molecular weight excluding hydrogens is 558 g/mol. The number of Topliss-reactive ketones (excluding diaryl/α,β-unsaturated/α-hetero) is 1. The third kappa shape index (κ3) is 4.25. The molecule has 5 rings (SSSR count). The van der Waals surface area contributed by atoms with E-state index in [-0.39, 0.29) is 11.2 Å². The van der Waals surface area contributed by atoms with Gasteiger partial charge in [0.05, 0.1) is 24.2 Å². The first-order valence-corrected chi connectivity index (χ1v) is 16.9. The normalized spacial score (nSPS) is 17.6. The molecule has 1 fully saturated rings. The predicted octanol–water partition coefficient (Wildman–Crippen LogP) is 6.91. The molecule has 0 aromatic carbocycles. The molecule has 3 aromatic heterocycles. The summed E-state index contributed by atoms with van der Waals surface area (Å²) >= 11 is 3.61. The zero-order valence-electron chi connectivity index (χ0n) is 23.7. The molecule has 0 unspecified atom stereocenters. The largest absolute Gasteiger partial charge is 0.410 e. The Bertz CT molecular complexity index is 1340. The van der Waals surface area contributed by atoms with Crippen LogP contribution in [0.5, 0.6) is 0 Å². The molecule has 1 aliphatic carbocycles. The minimum atomic E-state index is -2.03. The number of rotatable bonds is 7. The van der Waals surface area contributed by atoms with E-state index in [0.29, 0.717) is 23.2 Å². The third-order valence-corrected chi connectivity index (χ3v) is 16.2. The molecule has 0 N–H and O–H groups in total. The van der Waals surface area contributed by atoms with Crippen molar-refractivity contribution in [1.82, 2.24) is 19.6 Å². The molecule has 38 heavy (non-hydrogen) atoms.